The fourth-order valence-corrected chi connectivity index (χ4v) is 2.99. The SMILES string of the molecule is Cc1cc(Cl)cc(C)c1C1CCCNC1.Cl. The Hall–Kier alpha value is -0.240. The van der Waals surface area contributed by atoms with E-state index < -0.39 is 0 Å². The molecule has 0 saturated carbocycles. The molecule has 1 fully saturated rings. The van der Waals surface area contributed by atoms with Gasteiger partial charge in [0.1, 0.15) is 0 Å². The minimum absolute atomic E-state index is 0. The van der Waals surface area contributed by atoms with Crippen LogP contribution < -0.4 is 5.32 Å². The normalized spacial score (nSPS) is 20.3. The number of hydrogen-bond donors (Lipinski definition) is 1. The first-order valence-electron chi connectivity index (χ1n) is 5.66. The maximum absolute atomic E-state index is 6.05. The summed E-state index contributed by atoms with van der Waals surface area (Å²) < 4.78 is 0. The number of nitrogens with one attached hydrogen (secondary N) is 1. The smallest absolute Gasteiger partial charge is 0.0411 e. The second-order valence-corrected chi connectivity index (χ2v) is 4.93. The third kappa shape index (κ3) is 2.91. The number of halogens is 2. The molecule has 2 rings (SSSR count). The molecular formula is C13H19Cl2N. The van der Waals surface area contributed by atoms with Crippen LogP contribution in [-0.2, 0) is 0 Å². The monoisotopic (exact) mass is 259 g/mol. The van der Waals surface area contributed by atoms with Gasteiger partial charge >= 0.3 is 0 Å². The van der Waals surface area contributed by atoms with Crippen LogP contribution in [0.1, 0.15) is 35.4 Å². The molecule has 16 heavy (non-hydrogen) atoms. The van der Waals surface area contributed by atoms with Gasteiger partial charge in [-0.3, -0.25) is 0 Å². The number of rotatable bonds is 1. The molecule has 1 heterocycles. The van der Waals surface area contributed by atoms with Crippen molar-refractivity contribution in [3.8, 4) is 0 Å². The van der Waals surface area contributed by atoms with Gasteiger partial charge in [0.05, 0.1) is 0 Å². The van der Waals surface area contributed by atoms with Gasteiger partial charge in [0, 0.05) is 11.6 Å². The molecule has 1 N–H and O–H groups in total. The average Bonchev–Trinajstić information content (AvgIpc) is 2.17. The lowest BCUT2D eigenvalue weighted by Gasteiger charge is -2.26. The predicted molar refractivity (Wildman–Crippen MR) is 73.0 cm³/mol. The number of benzene rings is 1. The molecule has 0 aromatic heterocycles. The number of piperidine rings is 1. The third-order valence-corrected chi connectivity index (χ3v) is 3.48. The first-order chi connectivity index (χ1) is 7.18. The van der Waals surface area contributed by atoms with Crippen molar-refractivity contribution in [3.05, 3.63) is 33.8 Å². The molecule has 1 aliphatic heterocycles. The highest BCUT2D eigenvalue weighted by Crippen LogP contribution is 2.30. The second-order valence-electron chi connectivity index (χ2n) is 4.50. The summed E-state index contributed by atoms with van der Waals surface area (Å²) in [6, 6.07) is 4.16. The van der Waals surface area contributed by atoms with E-state index in [1.165, 1.54) is 36.1 Å². The van der Waals surface area contributed by atoms with Crippen LogP contribution in [-0.4, -0.2) is 13.1 Å². The van der Waals surface area contributed by atoms with Gasteiger partial charge in [0.25, 0.3) is 0 Å². The van der Waals surface area contributed by atoms with Crippen molar-refractivity contribution in [2.24, 2.45) is 0 Å². The molecule has 0 bridgehead atoms. The van der Waals surface area contributed by atoms with Crippen molar-refractivity contribution in [1.82, 2.24) is 5.32 Å². The average molecular weight is 260 g/mol. The van der Waals surface area contributed by atoms with Gasteiger partial charge in [-0.25, -0.2) is 0 Å². The minimum atomic E-state index is 0. The fraction of sp³-hybridized carbons (Fsp3) is 0.538. The molecule has 1 aliphatic rings. The van der Waals surface area contributed by atoms with Crippen LogP contribution in [0.2, 0.25) is 5.02 Å². The molecule has 90 valence electrons. The first-order valence-corrected chi connectivity index (χ1v) is 6.03. The van der Waals surface area contributed by atoms with E-state index in [0.717, 1.165) is 11.6 Å². The topological polar surface area (TPSA) is 12.0 Å². The van der Waals surface area contributed by atoms with Crippen LogP contribution in [0.3, 0.4) is 0 Å². The van der Waals surface area contributed by atoms with E-state index in [-0.39, 0.29) is 12.4 Å². The summed E-state index contributed by atoms with van der Waals surface area (Å²) in [5.41, 5.74) is 4.19. The summed E-state index contributed by atoms with van der Waals surface area (Å²) in [7, 11) is 0. The van der Waals surface area contributed by atoms with E-state index >= 15 is 0 Å². The van der Waals surface area contributed by atoms with Gasteiger partial charge in [-0.15, -0.1) is 12.4 Å². The summed E-state index contributed by atoms with van der Waals surface area (Å²) in [5, 5.41) is 4.33. The second kappa shape index (κ2) is 5.90. The molecule has 1 aromatic rings. The van der Waals surface area contributed by atoms with Crippen LogP contribution >= 0.6 is 24.0 Å². The van der Waals surface area contributed by atoms with Crippen molar-refractivity contribution in [2.75, 3.05) is 13.1 Å². The fourth-order valence-electron chi connectivity index (χ4n) is 2.66. The van der Waals surface area contributed by atoms with E-state index in [1.807, 2.05) is 0 Å². The van der Waals surface area contributed by atoms with E-state index in [1.54, 1.807) is 0 Å². The zero-order valence-corrected chi connectivity index (χ0v) is 11.4. The summed E-state index contributed by atoms with van der Waals surface area (Å²) in [4.78, 5) is 0. The van der Waals surface area contributed by atoms with Gasteiger partial charge < -0.3 is 5.32 Å². The molecule has 0 amide bonds. The lowest BCUT2D eigenvalue weighted by molar-refractivity contribution is 0.459. The largest absolute Gasteiger partial charge is 0.316 e. The van der Waals surface area contributed by atoms with Crippen molar-refractivity contribution in [1.29, 1.82) is 0 Å². The molecule has 1 saturated heterocycles. The van der Waals surface area contributed by atoms with Crippen molar-refractivity contribution < 1.29 is 0 Å². The van der Waals surface area contributed by atoms with Crippen LogP contribution in [0.15, 0.2) is 12.1 Å². The molecule has 3 heteroatoms. The Bertz CT molecular complexity index is 334. The lowest BCUT2D eigenvalue weighted by atomic mass is 9.86. The highest BCUT2D eigenvalue weighted by atomic mass is 35.5. The predicted octanol–water partition coefficient (Wildman–Crippen LogP) is 3.85. The van der Waals surface area contributed by atoms with Crippen LogP contribution in [0, 0.1) is 13.8 Å². The molecule has 1 aromatic carbocycles. The Balaban J connectivity index is 0.00000128. The summed E-state index contributed by atoms with van der Waals surface area (Å²) in [6.07, 6.45) is 2.59. The lowest BCUT2D eigenvalue weighted by Crippen LogP contribution is -2.29. The molecular weight excluding hydrogens is 241 g/mol. The van der Waals surface area contributed by atoms with Gasteiger partial charge in [-0.1, -0.05) is 11.6 Å². The maximum atomic E-state index is 6.05. The van der Waals surface area contributed by atoms with Gasteiger partial charge in [-0.2, -0.15) is 0 Å². The van der Waals surface area contributed by atoms with Crippen molar-refractivity contribution in [3.63, 3.8) is 0 Å². The van der Waals surface area contributed by atoms with Crippen molar-refractivity contribution in [2.45, 2.75) is 32.6 Å². The van der Waals surface area contributed by atoms with Crippen LogP contribution in [0.5, 0.6) is 0 Å². The number of aryl methyl sites for hydroxylation is 2. The van der Waals surface area contributed by atoms with Crippen molar-refractivity contribution >= 4 is 24.0 Å². The molecule has 1 nitrogen and oxygen atoms in total. The molecule has 0 aliphatic carbocycles. The third-order valence-electron chi connectivity index (χ3n) is 3.26. The molecule has 1 atom stereocenters. The Kier molecular flexibility index (Phi) is 5.10. The Labute approximate surface area is 109 Å². The summed E-state index contributed by atoms with van der Waals surface area (Å²) in [6.45, 7) is 6.62. The van der Waals surface area contributed by atoms with Gasteiger partial charge in [0.2, 0.25) is 0 Å². The maximum Gasteiger partial charge on any atom is 0.0411 e. The van der Waals surface area contributed by atoms with Gasteiger partial charge in [0.15, 0.2) is 0 Å². The van der Waals surface area contributed by atoms with E-state index in [0.29, 0.717) is 5.92 Å². The molecule has 0 radical (unpaired) electrons. The number of hydrogen-bond acceptors (Lipinski definition) is 1. The molecule has 0 spiro atoms. The Morgan fingerprint density at radius 1 is 1.25 bits per heavy atom. The first kappa shape index (κ1) is 13.8. The zero-order chi connectivity index (χ0) is 10.8. The van der Waals surface area contributed by atoms with E-state index in [2.05, 4.69) is 31.3 Å². The summed E-state index contributed by atoms with van der Waals surface area (Å²) >= 11 is 6.05. The van der Waals surface area contributed by atoms with E-state index in [4.69, 9.17) is 11.6 Å². The Morgan fingerprint density at radius 3 is 2.38 bits per heavy atom. The quantitative estimate of drug-likeness (QED) is 0.808. The Morgan fingerprint density at radius 2 is 1.88 bits per heavy atom. The van der Waals surface area contributed by atoms with Crippen LogP contribution in [0.4, 0.5) is 0 Å². The molecule has 1 unspecified atom stereocenters. The van der Waals surface area contributed by atoms with E-state index in [9.17, 15) is 0 Å². The standard InChI is InChI=1S/C13H18ClN.ClH/c1-9-6-12(14)7-10(2)13(9)11-4-3-5-15-8-11;/h6-7,11,15H,3-5,8H2,1-2H3;1H. The minimum Gasteiger partial charge on any atom is -0.316 e. The summed E-state index contributed by atoms with van der Waals surface area (Å²) in [5.74, 6) is 0.677. The van der Waals surface area contributed by atoms with Crippen LogP contribution in [0.25, 0.3) is 0 Å². The zero-order valence-electron chi connectivity index (χ0n) is 9.85. The highest BCUT2D eigenvalue weighted by molar-refractivity contribution is 6.30. The highest BCUT2D eigenvalue weighted by Gasteiger charge is 2.18. The van der Waals surface area contributed by atoms with Gasteiger partial charge in [-0.05, 0) is 68.0 Å².